The molecule has 0 bridgehead atoms. The number of rotatable bonds is 6. The lowest BCUT2D eigenvalue weighted by molar-refractivity contribution is -0.139. The number of carbonyl (C=O) groups excluding carboxylic acids is 2. The van der Waals surface area contributed by atoms with Gasteiger partial charge >= 0.3 is 0 Å². The summed E-state index contributed by atoms with van der Waals surface area (Å²) in [5.74, 6) is 1.16. The number of amides is 2. The number of hydrogen-bond acceptors (Lipinski definition) is 10. The highest BCUT2D eigenvalue weighted by atomic mass is 16.2. The van der Waals surface area contributed by atoms with Crippen LogP contribution in [0.5, 0.6) is 0 Å². The van der Waals surface area contributed by atoms with Gasteiger partial charge in [0.05, 0.1) is 11.9 Å². The summed E-state index contributed by atoms with van der Waals surface area (Å²) < 4.78 is 1.86. The number of likely N-dealkylation sites (N-methyl/N-ethyl adjacent to an activating group) is 2. The summed E-state index contributed by atoms with van der Waals surface area (Å²) in [6.45, 7) is 9.11. The molecule has 230 valence electrons. The number of carbonyl (C=O) groups is 2. The first-order valence-electron chi connectivity index (χ1n) is 15.0. The molecular weight excluding hydrogens is 558 g/mol. The summed E-state index contributed by atoms with van der Waals surface area (Å²) in [7, 11) is 3.83. The van der Waals surface area contributed by atoms with Crippen molar-refractivity contribution < 1.29 is 9.59 Å². The molecule has 2 atom stereocenters. The van der Waals surface area contributed by atoms with Gasteiger partial charge in [0.25, 0.3) is 5.91 Å². The lowest BCUT2D eigenvalue weighted by Crippen LogP contribution is -2.48. The van der Waals surface area contributed by atoms with Gasteiger partial charge in [-0.15, -0.1) is 0 Å². The molecule has 0 saturated carbocycles. The Morgan fingerprint density at radius 2 is 1.80 bits per heavy atom. The molecule has 13 heteroatoms. The van der Waals surface area contributed by atoms with Crippen LogP contribution in [-0.2, 0) is 10.2 Å². The van der Waals surface area contributed by atoms with E-state index >= 15 is 0 Å². The Kier molecular flexibility index (Phi) is 7.89. The van der Waals surface area contributed by atoms with Gasteiger partial charge in [-0.05, 0) is 37.6 Å². The zero-order chi connectivity index (χ0) is 31.0. The Bertz CT molecular complexity index is 1650. The molecule has 2 aliphatic heterocycles. The number of nitrogens with one attached hydrogen (secondary N) is 2. The first-order chi connectivity index (χ1) is 21.1. The van der Waals surface area contributed by atoms with Gasteiger partial charge in [0, 0.05) is 56.6 Å². The van der Waals surface area contributed by atoms with Crippen molar-refractivity contribution in [3.8, 4) is 0 Å². The average Bonchev–Trinajstić information content (AvgIpc) is 3.38. The van der Waals surface area contributed by atoms with Gasteiger partial charge in [-0.3, -0.25) is 23.9 Å². The van der Waals surface area contributed by atoms with Crippen LogP contribution >= 0.6 is 0 Å². The van der Waals surface area contributed by atoms with Crippen molar-refractivity contribution in [2.45, 2.75) is 51.1 Å². The number of aromatic nitrogens is 6. The van der Waals surface area contributed by atoms with Gasteiger partial charge in [0.1, 0.15) is 24.4 Å². The lowest BCUT2D eigenvalue weighted by Gasteiger charge is -2.37. The number of anilines is 3. The van der Waals surface area contributed by atoms with Gasteiger partial charge < -0.3 is 20.4 Å². The molecule has 13 nitrogen and oxygen atoms in total. The smallest absolute Gasteiger partial charge is 0.271 e. The number of imidazole rings is 1. The van der Waals surface area contributed by atoms with Gasteiger partial charge in [-0.1, -0.05) is 32.9 Å². The van der Waals surface area contributed by atoms with Crippen LogP contribution in [0.15, 0.2) is 49.3 Å². The zero-order valence-corrected chi connectivity index (χ0v) is 25.9. The van der Waals surface area contributed by atoms with E-state index in [1.54, 1.807) is 23.6 Å². The molecule has 4 aromatic rings. The van der Waals surface area contributed by atoms with E-state index in [0.29, 0.717) is 29.7 Å². The van der Waals surface area contributed by atoms with Gasteiger partial charge in [-0.2, -0.15) is 4.98 Å². The summed E-state index contributed by atoms with van der Waals surface area (Å²) in [4.78, 5) is 54.3. The summed E-state index contributed by atoms with van der Waals surface area (Å²) in [5, 5.41) is 6.54. The predicted octanol–water partition coefficient (Wildman–Crippen LogP) is 2.80. The number of nitrogens with zero attached hydrogens (tertiary/aromatic N) is 9. The maximum Gasteiger partial charge on any atom is 0.271 e. The second kappa shape index (κ2) is 11.8. The normalized spacial score (nSPS) is 19.8. The monoisotopic (exact) mass is 597 g/mol. The summed E-state index contributed by atoms with van der Waals surface area (Å²) >= 11 is 0. The highest BCUT2D eigenvalue weighted by Crippen LogP contribution is 2.30. The van der Waals surface area contributed by atoms with Gasteiger partial charge in [-0.25, -0.2) is 15.0 Å². The van der Waals surface area contributed by atoms with Crippen LogP contribution in [0.2, 0.25) is 0 Å². The fourth-order valence-electron chi connectivity index (χ4n) is 5.73. The van der Waals surface area contributed by atoms with Crippen molar-refractivity contribution >= 4 is 34.9 Å². The number of hydrogen-bond donors (Lipinski definition) is 2. The van der Waals surface area contributed by atoms with E-state index in [2.05, 4.69) is 61.1 Å². The van der Waals surface area contributed by atoms with Crippen LogP contribution in [0, 0.1) is 0 Å². The van der Waals surface area contributed by atoms with E-state index < -0.39 is 0 Å². The molecule has 2 aliphatic rings. The maximum atomic E-state index is 13.0. The Hall–Kier alpha value is -4.65. The van der Waals surface area contributed by atoms with Crippen LogP contribution in [-0.4, -0.2) is 97.3 Å². The minimum Gasteiger partial charge on any atom is -0.346 e. The van der Waals surface area contributed by atoms with E-state index in [1.807, 2.05) is 42.8 Å². The molecule has 44 heavy (non-hydrogen) atoms. The van der Waals surface area contributed by atoms with Crippen molar-refractivity contribution in [1.29, 1.82) is 0 Å². The maximum absolute atomic E-state index is 13.0. The molecule has 1 unspecified atom stereocenters. The molecule has 2 saturated heterocycles. The molecule has 0 aliphatic carbocycles. The van der Waals surface area contributed by atoms with Crippen LogP contribution in [0.1, 0.15) is 61.4 Å². The molecule has 5 heterocycles. The summed E-state index contributed by atoms with van der Waals surface area (Å²) in [6.07, 6.45) is 8.16. The topological polar surface area (TPSA) is 137 Å². The van der Waals surface area contributed by atoms with Gasteiger partial charge in [0.15, 0.2) is 11.5 Å². The van der Waals surface area contributed by atoms with Crippen molar-refractivity contribution in [3.63, 3.8) is 0 Å². The molecule has 0 radical (unpaired) electrons. The largest absolute Gasteiger partial charge is 0.346 e. The Balaban J connectivity index is 1.17. The lowest BCUT2D eigenvalue weighted by atomic mass is 9.93. The van der Waals surface area contributed by atoms with Gasteiger partial charge in [0.2, 0.25) is 11.9 Å². The number of fused-ring (bicyclic) bond motifs is 1. The first kappa shape index (κ1) is 29.4. The van der Waals surface area contributed by atoms with Crippen molar-refractivity contribution in [3.05, 3.63) is 66.3 Å². The Morgan fingerprint density at radius 1 is 1.00 bits per heavy atom. The van der Waals surface area contributed by atoms with E-state index in [9.17, 15) is 9.59 Å². The second-order valence-corrected chi connectivity index (χ2v) is 12.6. The SMILES string of the molecule is CN1CCN(C)C(c2ccc(Nc3nc(N4CCC[C@H](NC(=O)c5cnc(C(C)(C)C)cn5)C4)n4cncnc34)cc2)C1=O. The standard InChI is InChI=1S/C31H39N11O2/c1-31(2,3)24-16-33-23(15-34-24)28(43)37-22-7-6-12-41(17-22)30-38-26(27-35-18-32-19-42(27)30)36-21-10-8-20(9-11-21)25-29(44)40(5)14-13-39(25)4/h8-11,15-16,18-19,22,25,36H,6-7,12-14,17H2,1-5H3,(H,37,43)/t22-,25?/m0/s1. The number of piperidine rings is 1. The molecular formula is C31H39N11O2. The minimum atomic E-state index is -0.294. The second-order valence-electron chi connectivity index (χ2n) is 12.6. The molecule has 2 amide bonds. The predicted molar refractivity (Wildman–Crippen MR) is 167 cm³/mol. The van der Waals surface area contributed by atoms with Crippen molar-refractivity contribution in [2.24, 2.45) is 0 Å². The fourth-order valence-corrected chi connectivity index (χ4v) is 5.73. The molecule has 1 aromatic carbocycles. The first-order valence-corrected chi connectivity index (χ1v) is 15.0. The molecule has 6 rings (SSSR count). The van der Waals surface area contributed by atoms with Crippen molar-refractivity contribution in [1.82, 2.24) is 44.4 Å². The quantitative estimate of drug-likeness (QED) is 0.341. The third-order valence-electron chi connectivity index (χ3n) is 8.32. The molecule has 2 fully saturated rings. The average molecular weight is 598 g/mol. The van der Waals surface area contributed by atoms with Crippen molar-refractivity contribution in [2.75, 3.05) is 50.5 Å². The Morgan fingerprint density at radius 3 is 2.52 bits per heavy atom. The van der Waals surface area contributed by atoms with Crippen LogP contribution in [0.3, 0.4) is 0 Å². The van der Waals surface area contributed by atoms with Crippen LogP contribution in [0.4, 0.5) is 17.5 Å². The highest BCUT2D eigenvalue weighted by Gasteiger charge is 2.32. The molecule has 2 N–H and O–H groups in total. The number of piperazine rings is 1. The Labute approximate surface area is 256 Å². The summed E-state index contributed by atoms with van der Waals surface area (Å²) in [6, 6.07) is 7.50. The molecule has 0 spiro atoms. The van der Waals surface area contributed by atoms with E-state index in [-0.39, 0.29) is 29.3 Å². The van der Waals surface area contributed by atoms with E-state index in [4.69, 9.17) is 4.98 Å². The van der Waals surface area contributed by atoms with Crippen LogP contribution < -0.4 is 15.5 Å². The third kappa shape index (κ3) is 5.91. The fraction of sp³-hybridized carbons (Fsp3) is 0.452. The van der Waals surface area contributed by atoms with E-state index in [0.717, 1.165) is 49.4 Å². The highest BCUT2D eigenvalue weighted by molar-refractivity contribution is 5.92. The number of benzene rings is 1. The zero-order valence-electron chi connectivity index (χ0n) is 25.9. The van der Waals surface area contributed by atoms with E-state index in [1.165, 1.54) is 6.33 Å². The summed E-state index contributed by atoms with van der Waals surface area (Å²) in [5.41, 5.74) is 3.43. The minimum absolute atomic E-state index is 0.0825. The third-order valence-corrected chi connectivity index (χ3v) is 8.32. The molecule has 3 aromatic heterocycles. The van der Waals surface area contributed by atoms with Crippen LogP contribution in [0.25, 0.3) is 5.65 Å².